The number of anilines is 1. The van der Waals surface area contributed by atoms with Gasteiger partial charge in [0.1, 0.15) is 11.3 Å². The van der Waals surface area contributed by atoms with E-state index in [0.29, 0.717) is 5.82 Å². The summed E-state index contributed by atoms with van der Waals surface area (Å²) in [7, 11) is 2.07. The fourth-order valence-electron chi connectivity index (χ4n) is 3.31. The molecule has 0 spiro atoms. The van der Waals surface area contributed by atoms with Crippen LogP contribution in [0.1, 0.15) is 26.1 Å². The van der Waals surface area contributed by atoms with Gasteiger partial charge in [-0.3, -0.25) is 9.58 Å². The van der Waals surface area contributed by atoms with Crippen LogP contribution in [0.5, 0.6) is 0 Å². The molecule has 140 valence electrons. The lowest BCUT2D eigenvalue weighted by Crippen LogP contribution is -2.17. The summed E-state index contributed by atoms with van der Waals surface area (Å²) < 4.78 is 1.97. The predicted molar refractivity (Wildman–Crippen MR) is 109 cm³/mol. The van der Waals surface area contributed by atoms with Gasteiger partial charge >= 0.3 is 0 Å². The number of nitrogens with zero attached hydrogens (tertiary/aromatic N) is 5. The number of aromatic amines is 1. The molecule has 7 nitrogen and oxygen atoms in total. The predicted octanol–water partition coefficient (Wildman–Crippen LogP) is 3.42. The van der Waals surface area contributed by atoms with E-state index in [1.807, 2.05) is 10.9 Å². The smallest absolute Gasteiger partial charge is 0.152 e. The van der Waals surface area contributed by atoms with E-state index in [9.17, 15) is 0 Å². The van der Waals surface area contributed by atoms with Crippen molar-refractivity contribution in [2.45, 2.75) is 33.4 Å². The fraction of sp³-hybridized carbons (Fsp3) is 0.350. The maximum atomic E-state index is 6.21. The summed E-state index contributed by atoms with van der Waals surface area (Å²) in [5, 5.41) is 5.45. The Morgan fingerprint density at radius 1 is 1.19 bits per heavy atom. The molecule has 27 heavy (non-hydrogen) atoms. The van der Waals surface area contributed by atoms with E-state index >= 15 is 0 Å². The van der Waals surface area contributed by atoms with Crippen molar-refractivity contribution in [3.63, 3.8) is 0 Å². The highest BCUT2D eigenvalue weighted by atomic mass is 15.3. The number of rotatable bonds is 6. The molecule has 0 saturated carbocycles. The molecule has 3 aromatic heterocycles. The zero-order chi connectivity index (χ0) is 19.0. The Morgan fingerprint density at radius 3 is 2.81 bits per heavy atom. The number of hydrogen-bond donors (Lipinski definition) is 2. The molecular formula is C20H25N7. The number of pyridine rings is 1. The number of H-pyrrole nitrogens is 1. The summed E-state index contributed by atoms with van der Waals surface area (Å²) in [4.78, 5) is 14.9. The number of nitrogens with two attached hydrogens (primary N) is 1. The summed E-state index contributed by atoms with van der Waals surface area (Å²) in [6.45, 7) is 6.90. The first kappa shape index (κ1) is 17.5. The van der Waals surface area contributed by atoms with E-state index in [1.54, 1.807) is 0 Å². The number of aromatic nitrogens is 5. The number of hydrogen-bond acceptors (Lipinski definition) is 5. The van der Waals surface area contributed by atoms with Crippen LogP contribution in [-0.4, -0.2) is 43.2 Å². The van der Waals surface area contributed by atoms with Gasteiger partial charge in [0.05, 0.1) is 23.8 Å². The number of nitrogens with one attached hydrogen (secondary N) is 1. The van der Waals surface area contributed by atoms with E-state index in [1.165, 1.54) is 0 Å². The molecule has 7 heteroatoms. The van der Waals surface area contributed by atoms with E-state index < -0.39 is 0 Å². The van der Waals surface area contributed by atoms with Crippen molar-refractivity contribution < 1.29 is 0 Å². The second kappa shape index (κ2) is 7.00. The molecule has 0 aliphatic heterocycles. The molecule has 0 bridgehead atoms. The van der Waals surface area contributed by atoms with E-state index in [0.717, 1.165) is 64.9 Å². The third-order valence-electron chi connectivity index (χ3n) is 4.88. The number of nitrogen functional groups attached to an aromatic ring is 1. The lowest BCUT2D eigenvalue weighted by molar-refractivity contribution is 0.338. The van der Waals surface area contributed by atoms with E-state index in [-0.39, 0.29) is 0 Å². The maximum absolute atomic E-state index is 6.21. The fourth-order valence-corrected chi connectivity index (χ4v) is 3.31. The van der Waals surface area contributed by atoms with Crippen LogP contribution in [0.4, 0.5) is 5.82 Å². The second-order valence-electron chi connectivity index (χ2n) is 6.96. The van der Waals surface area contributed by atoms with Crippen LogP contribution in [0.3, 0.4) is 0 Å². The van der Waals surface area contributed by atoms with Gasteiger partial charge in [0.15, 0.2) is 5.82 Å². The quantitative estimate of drug-likeness (QED) is 0.548. The summed E-state index contributed by atoms with van der Waals surface area (Å²) in [5.74, 6) is 1.36. The van der Waals surface area contributed by atoms with Crippen LogP contribution in [-0.2, 0) is 13.1 Å². The largest absolute Gasteiger partial charge is 0.382 e. The van der Waals surface area contributed by atoms with Crippen molar-refractivity contribution in [3.8, 4) is 11.1 Å². The van der Waals surface area contributed by atoms with Crippen molar-refractivity contribution in [3.05, 3.63) is 36.4 Å². The molecule has 4 aromatic rings. The Kier molecular flexibility index (Phi) is 4.53. The van der Waals surface area contributed by atoms with Gasteiger partial charge < -0.3 is 10.7 Å². The Balaban J connectivity index is 1.78. The Morgan fingerprint density at radius 2 is 2.04 bits per heavy atom. The van der Waals surface area contributed by atoms with Gasteiger partial charge in [0.25, 0.3) is 0 Å². The van der Waals surface area contributed by atoms with E-state index in [4.69, 9.17) is 5.73 Å². The van der Waals surface area contributed by atoms with Crippen LogP contribution in [0.2, 0.25) is 0 Å². The Labute approximate surface area is 158 Å². The zero-order valence-corrected chi connectivity index (χ0v) is 16.0. The topological polar surface area (TPSA) is 88.7 Å². The third-order valence-corrected chi connectivity index (χ3v) is 4.88. The van der Waals surface area contributed by atoms with Crippen LogP contribution in [0.15, 0.2) is 30.6 Å². The van der Waals surface area contributed by atoms with Crippen LogP contribution in [0, 0.1) is 0 Å². The number of aryl methyl sites for hydroxylation is 1. The lowest BCUT2D eigenvalue weighted by atomic mass is 10.1. The van der Waals surface area contributed by atoms with Crippen molar-refractivity contribution in [2.75, 3.05) is 19.3 Å². The highest BCUT2D eigenvalue weighted by Gasteiger charge is 2.13. The summed E-state index contributed by atoms with van der Waals surface area (Å²) in [6.07, 6.45) is 5.03. The minimum Gasteiger partial charge on any atom is -0.382 e. The molecule has 0 atom stereocenters. The van der Waals surface area contributed by atoms with Gasteiger partial charge in [-0.25, -0.2) is 9.97 Å². The lowest BCUT2D eigenvalue weighted by Gasteiger charge is -2.10. The SMILES string of the molecule is CCCn1cc(-c2ccc3c(c2)nc(N)c2nc(CN(C)CC)[nH]c23)cn1. The average Bonchev–Trinajstić information content (AvgIpc) is 3.29. The van der Waals surface area contributed by atoms with Gasteiger partial charge in [-0.15, -0.1) is 0 Å². The molecule has 0 unspecified atom stereocenters. The number of fused-ring (bicyclic) bond motifs is 3. The highest BCUT2D eigenvalue weighted by Crippen LogP contribution is 2.30. The van der Waals surface area contributed by atoms with Crippen LogP contribution in [0.25, 0.3) is 33.1 Å². The molecule has 0 fully saturated rings. The number of benzene rings is 1. The first-order valence-electron chi connectivity index (χ1n) is 9.38. The minimum absolute atomic E-state index is 0.456. The molecule has 0 aliphatic carbocycles. The highest BCUT2D eigenvalue weighted by molar-refractivity contribution is 6.07. The van der Waals surface area contributed by atoms with Crippen LogP contribution >= 0.6 is 0 Å². The molecule has 0 saturated heterocycles. The summed E-state index contributed by atoms with van der Waals surface area (Å²) >= 11 is 0. The van der Waals surface area contributed by atoms with Gasteiger partial charge in [0.2, 0.25) is 0 Å². The van der Waals surface area contributed by atoms with E-state index in [2.05, 4.69) is 70.2 Å². The molecule has 0 amide bonds. The minimum atomic E-state index is 0.456. The van der Waals surface area contributed by atoms with Gasteiger partial charge in [-0.1, -0.05) is 26.0 Å². The average molecular weight is 363 g/mol. The molecular weight excluding hydrogens is 338 g/mol. The van der Waals surface area contributed by atoms with Gasteiger partial charge in [-0.2, -0.15) is 5.10 Å². The molecule has 3 N–H and O–H groups in total. The van der Waals surface area contributed by atoms with Gasteiger partial charge in [-0.05, 0) is 31.6 Å². The first-order valence-corrected chi connectivity index (χ1v) is 9.38. The second-order valence-corrected chi connectivity index (χ2v) is 6.96. The summed E-state index contributed by atoms with van der Waals surface area (Å²) in [6, 6.07) is 6.25. The van der Waals surface area contributed by atoms with Crippen molar-refractivity contribution >= 4 is 27.8 Å². The molecule has 1 aromatic carbocycles. The zero-order valence-electron chi connectivity index (χ0n) is 16.0. The first-order chi connectivity index (χ1) is 13.1. The Hall–Kier alpha value is -2.93. The summed E-state index contributed by atoms with van der Waals surface area (Å²) in [5.41, 5.74) is 10.9. The van der Waals surface area contributed by atoms with Crippen molar-refractivity contribution in [2.24, 2.45) is 0 Å². The molecule has 0 radical (unpaired) electrons. The van der Waals surface area contributed by atoms with Crippen molar-refractivity contribution in [1.82, 2.24) is 29.6 Å². The molecule has 3 heterocycles. The van der Waals surface area contributed by atoms with Crippen molar-refractivity contribution in [1.29, 1.82) is 0 Å². The molecule has 0 aliphatic rings. The third kappa shape index (κ3) is 3.26. The van der Waals surface area contributed by atoms with Gasteiger partial charge in [0, 0.05) is 23.7 Å². The van der Waals surface area contributed by atoms with Crippen LogP contribution < -0.4 is 5.73 Å². The monoisotopic (exact) mass is 363 g/mol. The Bertz CT molecular complexity index is 1090. The molecule has 4 rings (SSSR count). The standard InChI is InChI=1S/C20H25N7/c1-4-8-27-11-14(10-22-27)13-6-7-15-16(9-13)23-20(21)19-18(15)24-17(25-19)12-26(3)5-2/h6-7,9-11H,4-5,8,12H2,1-3H3,(H2,21,23)(H,24,25). The number of imidazole rings is 1. The maximum Gasteiger partial charge on any atom is 0.152 e. The normalized spacial score (nSPS) is 11.9.